The first kappa shape index (κ1) is 12.9. The summed E-state index contributed by atoms with van der Waals surface area (Å²) in [5.74, 6) is 1.26. The Bertz CT molecular complexity index is 680. The summed E-state index contributed by atoms with van der Waals surface area (Å²) in [6, 6.07) is 6.72. The first-order chi connectivity index (χ1) is 10.3. The number of benzene rings is 1. The summed E-state index contributed by atoms with van der Waals surface area (Å²) in [5.41, 5.74) is 4.67. The number of fused-ring (bicyclic) bond motifs is 1. The van der Waals surface area contributed by atoms with Crippen LogP contribution in [0.1, 0.15) is 47.1 Å². The second kappa shape index (κ2) is 5.19. The molecule has 3 nitrogen and oxygen atoms in total. The highest BCUT2D eigenvalue weighted by molar-refractivity contribution is 5.34. The summed E-state index contributed by atoms with van der Waals surface area (Å²) < 4.78 is 13.3. The third kappa shape index (κ3) is 2.68. The third-order valence-electron chi connectivity index (χ3n) is 4.23. The fraction of sp³-hybridized carbons (Fsp3) is 0.412. The maximum atomic E-state index is 13.3. The van der Waals surface area contributed by atoms with Gasteiger partial charge in [-0.25, -0.2) is 14.4 Å². The Hall–Kier alpha value is -1.81. The quantitative estimate of drug-likeness (QED) is 0.941. The van der Waals surface area contributed by atoms with Crippen LogP contribution in [0.15, 0.2) is 24.3 Å². The molecule has 2 heterocycles. The van der Waals surface area contributed by atoms with Gasteiger partial charge in [0.05, 0.1) is 11.4 Å². The Balaban J connectivity index is 1.70. The van der Waals surface area contributed by atoms with Gasteiger partial charge in [-0.05, 0) is 30.5 Å². The van der Waals surface area contributed by atoms with Crippen molar-refractivity contribution < 1.29 is 4.39 Å². The second-order valence-corrected chi connectivity index (χ2v) is 5.96. The Morgan fingerprint density at radius 3 is 2.95 bits per heavy atom. The molecule has 1 aromatic carbocycles. The van der Waals surface area contributed by atoms with Crippen molar-refractivity contribution in [2.24, 2.45) is 0 Å². The maximum Gasteiger partial charge on any atom is 0.133 e. The largest absolute Gasteiger partial charge is 0.312 e. The number of hydrogen-bond donors (Lipinski definition) is 1. The van der Waals surface area contributed by atoms with E-state index >= 15 is 0 Å². The zero-order chi connectivity index (χ0) is 14.2. The van der Waals surface area contributed by atoms with Gasteiger partial charge in [0.1, 0.15) is 11.6 Å². The Morgan fingerprint density at radius 2 is 2.14 bits per heavy atom. The molecule has 1 aromatic heterocycles. The smallest absolute Gasteiger partial charge is 0.133 e. The van der Waals surface area contributed by atoms with Crippen molar-refractivity contribution >= 4 is 0 Å². The average molecular weight is 283 g/mol. The SMILES string of the molecule is Fc1cccc(Cc2nc3c(c(C4CC4)n2)CNCC3)c1. The van der Waals surface area contributed by atoms with Crippen LogP contribution in [-0.2, 0) is 19.4 Å². The lowest BCUT2D eigenvalue weighted by Crippen LogP contribution is -2.27. The van der Waals surface area contributed by atoms with E-state index in [1.165, 1.54) is 35.9 Å². The normalized spacial score (nSPS) is 17.6. The molecule has 2 aromatic rings. The van der Waals surface area contributed by atoms with E-state index in [2.05, 4.69) is 5.32 Å². The van der Waals surface area contributed by atoms with E-state index in [9.17, 15) is 4.39 Å². The molecule has 0 bridgehead atoms. The summed E-state index contributed by atoms with van der Waals surface area (Å²) in [5, 5.41) is 3.41. The van der Waals surface area contributed by atoms with Gasteiger partial charge < -0.3 is 5.32 Å². The molecule has 0 amide bonds. The van der Waals surface area contributed by atoms with Crippen molar-refractivity contribution in [3.8, 4) is 0 Å². The minimum Gasteiger partial charge on any atom is -0.312 e. The van der Waals surface area contributed by atoms with Gasteiger partial charge >= 0.3 is 0 Å². The van der Waals surface area contributed by atoms with Gasteiger partial charge in [-0.1, -0.05) is 12.1 Å². The predicted octanol–water partition coefficient (Wildman–Crippen LogP) is 2.73. The topological polar surface area (TPSA) is 37.8 Å². The van der Waals surface area contributed by atoms with Crippen LogP contribution in [0.3, 0.4) is 0 Å². The van der Waals surface area contributed by atoms with Crippen LogP contribution in [0.25, 0.3) is 0 Å². The van der Waals surface area contributed by atoms with E-state index in [4.69, 9.17) is 9.97 Å². The number of nitrogens with one attached hydrogen (secondary N) is 1. The molecule has 1 fully saturated rings. The molecule has 21 heavy (non-hydrogen) atoms. The zero-order valence-corrected chi connectivity index (χ0v) is 11.9. The molecule has 1 aliphatic heterocycles. The fourth-order valence-corrected chi connectivity index (χ4v) is 3.03. The van der Waals surface area contributed by atoms with E-state index in [0.29, 0.717) is 12.3 Å². The summed E-state index contributed by atoms with van der Waals surface area (Å²) in [6.07, 6.45) is 4.05. The summed E-state index contributed by atoms with van der Waals surface area (Å²) in [6.45, 7) is 1.87. The van der Waals surface area contributed by atoms with Crippen molar-refractivity contribution in [1.29, 1.82) is 0 Å². The molecule has 0 spiro atoms. The average Bonchev–Trinajstić information content (AvgIpc) is 3.31. The highest BCUT2D eigenvalue weighted by Crippen LogP contribution is 2.41. The first-order valence-electron chi connectivity index (χ1n) is 7.63. The molecule has 2 aliphatic rings. The molecule has 0 saturated heterocycles. The van der Waals surface area contributed by atoms with E-state index in [1.54, 1.807) is 12.1 Å². The monoisotopic (exact) mass is 283 g/mol. The number of hydrogen-bond acceptors (Lipinski definition) is 3. The van der Waals surface area contributed by atoms with Gasteiger partial charge in [-0.15, -0.1) is 0 Å². The molecule has 1 N–H and O–H groups in total. The van der Waals surface area contributed by atoms with Crippen LogP contribution >= 0.6 is 0 Å². The molecular formula is C17H18FN3. The van der Waals surface area contributed by atoms with Crippen molar-refractivity contribution in [3.05, 3.63) is 58.4 Å². The number of rotatable bonds is 3. The van der Waals surface area contributed by atoms with Crippen LogP contribution in [-0.4, -0.2) is 16.5 Å². The van der Waals surface area contributed by atoms with Gasteiger partial charge in [-0.2, -0.15) is 0 Å². The molecular weight excluding hydrogens is 265 g/mol. The van der Waals surface area contributed by atoms with Gasteiger partial charge in [0.25, 0.3) is 0 Å². The minimum atomic E-state index is -0.197. The van der Waals surface area contributed by atoms with E-state index in [1.807, 2.05) is 6.07 Å². The van der Waals surface area contributed by atoms with Gasteiger partial charge in [0.2, 0.25) is 0 Å². The molecule has 4 rings (SSSR count). The highest BCUT2D eigenvalue weighted by Gasteiger charge is 2.30. The minimum absolute atomic E-state index is 0.197. The Morgan fingerprint density at radius 1 is 1.24 bits per heavy atom. The number of nitrogens with zero attached hydrogens (tertiary/aromatic N) is 2. The lowest BCUT2D eigenvalue weighted by molar-refractivity contribution is 0.610. The van der Waals surface area contributed by atoms with Gasteiger partial charge in [0.15, 0.2) is 0 Å². The summed E-state index contributed by atoms with van der Waals surface area (Å²) in [7, 11) is 0. The molecule has 0 radical (unpaired) electrons. The van der Waals surface area contributed by atoms with E-state index < -0.39 is 0 Å². The molecule has 0 unspecified atom stereocenters. The molecule has 1 saturated carbocycles. The highest BCUT2D eigenvalue weighted by atomic mass is 19.1. The zero-order valence-electron chi connectivity index (χ0n) is 11.9. The third-order valence-corrected chi connectivity index (χ3v) is 4.23. The number of halogens is 1. The van der Waals surface area contributed by atoms with Crippen molar-refractivity contribution in [1.82, 2.24) is 15.3 Å². The standard InChI is InChI=1S/C17H18FN3/c18-13-3-1-2-11(8-13)9-16-20-15-6-7-19-10-14(15)17(21-16)12-4-5-12/h1-3,8,12,19H,4-7,9-10H2. The predicted molar refractivity (Wildman–Crippen MR) is 78.6 cm³/mol. The fourth-order valence-electron chi connectivity index (χ4n) is 3.03. The Kier molecular flexibility index (Phi) is 3.19. The van der Waals surface area contributed by atoms with E-state index in [0.717, 1.165) is 30.9 Å². The van der Waals surface area contributed by atoms with Crippen LogP contribution < -0.4 is 5.32 Å². The first-order valence-corrected chi connectivity index (χ1v) is 7.63. The molecule has 4 heteroatoms. The molecule has 0 atom stereocenters. The second-order valence-electron chi connectivity index (χ2n) is 5.96. The lowest BCUT2D eigenvalue weighted by atomic mass is 10.0. The van der Waals surface area contributed by atoms with Crippen LogP contribution in [0.2, 0.25) is 0 Å². The van der Waals surface area contributed by atoms with Crippen LogP contribution in [0, 0.1) is 5.82 Å². The summed E-state index contributed by atoms with van der Waals surface area (Å²) >= 11 is 0. The lowest BCUT2D eigenvalue weighted by Gasteiger charge is -2.20. The Labute approximate surface area is 123 Å². The van der Waals surface area contributed by atoms with Gasteiger partial charge in [-0.3, -0.25) is 0 Å². The molecule has 1 aliphatic carbocycles. The van der Waals surface area contributed by atoms with Crippen LogP contribution in [0.4, 0.5) is 4.39 Å². The van der Waals surface area contributed by atoms with E-state index in [-0.39, 0.29) is 5.82 Å². The van der Waals surface area contributed by atoms with Crippen molar-refractivity contribution in [2.45, 2.75) is 38.1 Å². The van der Waals surface area contributed by atoms with Crippen LogP contribution in [0.5, 0.6) is 0 Å². The maximum absolute atomic E-state index is 13.3. The van der Waals surface area contributed by atoms with Crippen molar-refractivity contribution in [2.75, 3.05) is 6.54 Å². The van der Waals surface area contributed by atoms with Gasteiger partial charge in [0, 0.05) is 37.4 Å². The van der Waals surface area contributed by atoms with Crippen molar-refractivity contribution in [3.63, 3.8) is 0 Å². The molecule has 108 valence electrons. The number of aromatic nitrogens is 2. The summed E-state index contributed by atoms with van der Waals surface area (Å²) in [4.78, 5) is 9.53.